The van der Waals surface area contributed by atoms with Gasteiger partial charge in [-0.3, -0.25) is 4.79 Å². The molecule has 1 unspecified atom stereocenters. The minimum absolute atomic E-state index is 0.110. The summed E-state index contributed by atoms with van der Waals surface area (Å²) in [5, 5.41) is 6.14. The van der Waals surface area contributed by atoms with Crippen LogP contribution in [0.2, 0.25) is 0 Å². The number of fused-ring (bicyclic) bond motifs is 1. The minimum Gasteiger partial charge on any atom is -0.354 e. The molecule has 0 saturated carbocycles. The topological polar surface area (TPSA) is 59.6 Å². The van der Waals surface area contributed by atoms with E-state index in [1.165, 1.54) is 11.1 Å². The largest absolute Gasteiger partial charge is 0.354 e. The maximum Gasteiger partial charge on any atom is 0.251 e. The Morgan fingerprint density at radius 1 is 1.26 bits per heavy atom. The van der Waals surface area contributed by atoms with E-state index in [1.807, 2.05) is 25.1 Å². The van der Waals surface area contributed by atoms with Crippen LogP contribution in [-0.4, -0.2) is 32.5 Å². The van der Waals surface area contributed by atoms with Crippen LogP contribution in [0.4, 0.5) is 0 Å². The normalized spacial score (nSPS) is 15.4. The van der Waals surface area contributed by atoms with Gasteiger partial charge in [0.15, 0.2) is 6.29 Å². The summed E-state index contributed by atoms with van der Waals surface area (Å²) in [5.41, 5.74) is 3.12. The molecule has 1 aromatic carbocycles. The van der Waals surface area contributed by atoms with E-state index >= 15 is 0 Å². The molecule has 0 fully saturated rings. The van der Waals surface area contributed by atoms with Crippen LogP contribution in [0.15, 0.2) is 18.2 Å². The number of carbonyl (C=O) groups excluding carboxylic acids is 1. The second-order valence-corrected chi connectivity index (χ2v) is 4.69. The molecule has 0 aliphatic carbocycles. The zero-order valence-electron chi connectivity index (χ0n) is 11.5. The first-order valence-electron chi connectivity index (χ1n) is 6.34. The molecule has 1 heterocycles. The number of ether oxygens (including phenoxy) is 2. The van der Waals surface area contributed by atoms with E-state index in [4.69, 9.17) is 9.47 Å². The third-order valence-electron chi connectivity index (χ3n) is 3.33. The second kappa shape index (κ2) is 6.14. The average Bonchev–Trinajstić information content (AvgIpc) is 2.87. The standard InChI is InChI=1S/C14H20N2O3/c1-9(14(18-2)19-3)16-13(17)10-4-5-11-7-15-8-12(11)6-10/h4-6,9,14-15H,7-8H2,1-3H3,(H,16,17). The monoisotopic (exact) mass is 264 g/mol. The number of methoxy groups -OCH3 is 2. The van der Waals surface area contributed by atoms with E-state index in [9.17, 15) is 4.79 Å². The summed E-state index contributed by atoms with van der Waals surface area (Å²) in [6.45, 7) is 3.55. The predicted molar refractivity (Wildman–Crippen MR) is 71.7 cm³/mol. The lowest BCUT2D eigenvalue weighted by molar-refractivity contribution is -0.117. The van der Waals surface area contributed by atoms with Gasteiger partial charge in [0.1, 0.15) is 0 Å². The summed E-state index contributed by atoms with van der Waals surface area (Å²) < 4.78 is 10.3. The number of nitrogens with one attached hydrogen (secondary N) is 2. The van der Waals surface area contributed by atoms with Crippen molar-refractivity contribution in [3.63, 3.8) is 0 Å². The molecule has 0 bridgehead atoms. The number of carbonyl (C=O) groups is 1. The van der Waals surface area contributed by atoms with Crippen molar-refractivity contribution in [1.82, 2.24) is 10.6 Å². The third kappa shape index (κ3) is 3.12. The highest BCUT2D eigenvalue weighted by Crippen LogP contribution is 2.17. The van der Waals surface area contributed by atoms with E-state index in [0.717, 1.165) is 13.1 Å². The van der Waals surface area contributed by atoms with Crippen molar-refractivity contribution in [2.24, 2.45) is 0 Å². The minimum atomic E-state index is -0.444. The third-order valence-corrected chi connectivity index (χ3v) is 3.33. The van der Waals surface area contributed by atoms with Gasteiger partial charge in [-0.25, -0.2) is 0 Å². The molecule has 1 amide bonds. The fraction of sp³-hybridized carbons (Fsp3) is 0.500. The Morgan fingerprint density at radius 2 is 1.95 bits per heavy atom. The Kier molecular flexibility index (Phi) is 4.52. The molecule has 0 aromatic heterocycles. The highest BCUT2D eigenvalue weighted by Gasteiger charge is 2.20. The molecule has 2 N–H and O–H groups in total. The Labute approximate surface area is 113 Å². The van der Waals surface area contributed by atoms with Crippen LogP contribution >= 0.6 is 0 Å². The van der Waals surface area contributed by atoms with Crippen LogP contribution in [0.5, 0.6) is 0 Å². The zero-order valence-corrected chi connectivity index (χ0v) is 11.5. The molecule has 1 aromatic rings. The Morgan fingerprint density at radius 3 is 2.63 bits per heavy atom. The maximum atomic E-state index is 12.1. The van der Waals surface area contributed by atoms with Gasteiger partial charge in [0, 0.05) is 32.9 Å². The highest BCUT2D eigenvalue weighted by atomic mass is 16.7. The van der Waals surface area contributed by atoms with Gasteiger partial charge in [-0.15, -0.1) is 0 Å². The van der Waals surface area contributed by atoms with Crippen molar-refractivity contribution in [1.29, 1.82) is 0 Å². The van der Waals surface area contributed by atoms with Crippen LogP contribution in [0.3, 0.4) is 0 Å². The quantitative estimate of drug-likeness (QED) is 0.780. The van der Waals surface area contributed by atoms with Crippen molar-refractivity contribution >= 4 is 5.91 Å². The number of hydrogen-bond acceptors (Lipinski definition) is 4. The number of rotatable bonds is 5. The Bertz CT molecular complexity index is 458. The van der Waals surface area contributed by atoms with Crippen molar-refractivity contribution < 1.29 is 14.3 Å². The first kappa shape index (κ1) is 14.0. The molecule has 0 spiro atoms. The van der Waals surface area contributed by atoms with E-state index in [-0.39, 0.29) is 11.9 Å². The fourth-order valence-electron chi connectivity index (χ4n) is 2.30. The number of amides is 1. The van der Waals surface area contributed by atoms with Crippen molar-refractivity contribution in [3.8, 4) is 0 Å². The predicted octanol–water partition coefficient (Wildman–Crippen LogP) is 1.03. The molecule has 0 radical (unpaired) electrons. The van der Waals surface area contributed by atoms with Crippen molar-refractivity contribution in [3.05, 3.63) is 34.9 Å². The van der Waals surface area contributed by atoms with Gasteiger partial charge in [-0.1, -0.05) is 6.07 Å². The van der Waals surface area contributed by atoms with E-state index < -0.39 is 6.29 Å². The van der Waals surface area contributed by atoms with Gasteiger partial charge >= 0.3 is 0 Å². The van der Waals surface area contributed by atoms with Crippen LogP contribution < -0.4 is 10.6 Å². The Hall–Kier alpha value is -1.43. The number of hydrogen-bond donors (Lipinski definition) is 2. The highest BCUT2D eigenvalue weighted by molar-refractivity contribution is 5.94. The SMILES string of the molecule is COC(OC)C(C)NC(=O)c1ccc2c(c1)CNC2. The van der Waals surface area contributed by atoms with E-state index in [2.05, 4.69) is 10.6 Å². The lowest BCUT2D eigenvalue weighted by atomic mass is 10.1. The first-order chi connectivity index (χ1) is 9.15. The van der Waals surface area contributed by atoms with Crippen LogP contribution in [0, 0.1) is 0 Å². The maximum absolute atomic E-state index is 12.1. The average molecular weight is 264 g/mol. The van der Waals surface area contributed by atoms with Gasteiger partial charge in [-0.2, -0.15) is 0 Å². The lowest BCUT2D eigenvalue weighted by Crippen LogP contribution is -2.42. The molecule has 19 heavy (non-hydrogen) atoms. The molecule has 5 nitrogen and oxygen atoms in total. The summed E-state index contributed by atoms with van der Waals surface area (Å²) in [4.78, 5) is 12.1. The molecule has 1 aliphatic heterocycles. The molecule has 1 aliphatic rings. The van der Waals surface area contributed by atoms with Gasteiger partial charge in [0.25, 0.3) is 5.91 Å². The molecule has 0 saturated heterocycles. The van der Waals surface area contributed by atoms with Crippen LogP contribution in [-0.2, 0) is 22.6 Å². The summed E-state index contributed by atoms with van der Waals surface area (Å²) in [7, 11) is 3.11. The van der Waals surface area contributed by atoms with E-state index in [0.29, 0.717) is 5.56 Å². The first-order valence-corrected chi connectivity index (χ1v) is 6.34. The van der Waals surface area contributed by atoms with Gasteiger partial charge < -0.3 is 20.1 Å². The summed E-state index contributed by atoms with van der Waals surface area (Å²) in [6, 6.07) is 5.57. The fourth-order valence-corrected chi connectivity index (χ4v) is 2.30. The van der Waals surface area contributed by atoms with Gasteiger partial charge in [0.05, 0.1) is 6.04 Å². The zero-order chi connectivity index (χ0) is 13.8. The molecule has 2 rings (SSSR count). The van der Waals surface area contributed by atoms with Crippen LogP contribution in [0.1, 0.15) is 28.4 Å². The smallest absolute Gasteiger partial charge is 0.251 e. The van der Waals surface area contributed by atoms with Crippen LogP contribution in [0.25, 0.3) is 0 Å². The summed E-state index contributed by atoms with van der Waals surface area (Å²) in [6.07, 6.45) is -0.444. The molecule has 104 valence electrons. The molecular weight excluding hydrogens is 244 g/mol. The van der Waals surface area contributed by atoms with Gasteiger partial charge in [-0.05, 0) is 30.2 Å². The van der Waals surface area contributed by atoms with Crippen molar-refractivity contribution in [2.45, 2.75) is 32.3 Å². The molecular formula is C14H20N2O3. The second-order valence-electron chi connectivity index (χ2n) is 4.69. The van der Waals surface area contributed by atoms with E-state index in [1.54, 1.807) is 14.2 Å². The number of benzene rings is 1. The molecule has 1 atom stereocenters. The summed E-state index contributed by atoms with van der Waals surface area (Å²) >= 11 is 0. The van der Waals surface area contributed by atoms with Gasteiger partial charge in [0.2, 0.25) is 0 Å². The Balaban J connectivity index is 2.04. The molecule has 5 heteroatoms. The lowest BCUT2D eigenvalue weighted by Gasteiger charge is -2.22. The summed E-state index contributed by atoms with van der Waals surface area (Å²) in [5.74, 6) is -0.110. The van der Waals surface area contributed by atoms with Crippen molar-refractivity contribution in [2.75, 3.05) is 14.2 Å².